The van der Waals surface area contributed by atoms with Gasteiger partial charge in [0.2, 0.25) is 0 Å². The van der Waals surface area contributed by atoms with E-state index in [0.29, 0.717) is 0 Å². The van der Waals surface area contributed by atoms with Gasteiger partial charge in [-0.25, -0.2) is 16.8 Å². The quantitative estimate of drug-likeness (QED) is 0.724. The number of hydrogen-bond acceptors (Lipinski definition) is 6. The van der Waals surface area contributed by atoms with Crippen molar-refractivity contribution in [1.29, 1.82) is 0 Å². The Kier molecular flexibility index (Phi) is 3.68. The van der Waals surface area contributed by atoms with Crippen molar-refractivity contribution < 1.29 is 16.8 Å². The summed E-state index contributed by atoms with van der Waals surface area (Å²) in [6.45, 7) is 0. The van der Waals surface area contributed by atoms with Gasteiger partial charge in [-0.3, -0.25) is 0 Å². The normalized spacial score (nSPS) is 12.6. The predicted octanol–water partition coefficient (Wildman–Crippen LogP) is -0.934. The minimum absolute atomic E-state index is 0.303. The Balaban J connectivity index is 3.57. The third-order valence-electron chi connectivity index (χ3n) is 1.96. The fourth-order valence-corrected chi connectivity index (χ4v) is 3.59. The van der Waals surface area contributed by atoms with E-state index in [9.17, 15) is 16.8 Å². The molecule has 0 bridgehead atoms. The Bertz CT molecular complexity index is 525. The first kappa shape index (κ1) is 13.1. The molecular formula is C8H12N2O4S2. The van der Waals surface area contributed by atoms with Gasteiger partial charge in [0, 0.05) is 0 Å². The number of sulfone groups is 2. The van der Waals surface area contributed by atoms with Gasteiger partial charge in [0.05, 0.1) is 9.79 Å². The summed E-state index contributed by atoms with van der Waals surface area (Å²) in [7, 11) is -7.56. The average molecular weight is 264 g/mol. The number of benzene rings is 1. The van der Waals surface area contributed by atoms with Crippen LogP contribution in [0.1, 0.15) is 0 Å². The Morgan fingerprint density at radius 3 is 1.38 bits per heavy atom. The van der Waals surface area contributed by atoms with Gasteiger partial charge in [-0.15, -0.1) is 0 Å². The molecule has 0 aliphatic rings. The highest BCUT2D eigenvalue weighted by molar-refractivity contribution is 7.94. The Hall–Kier alpha value is -0.960. The summed E-state index contributed by atoms with van der Waals surface area (Å²) in [6.07, 6.45) is 0. The standard InChI is InChI=1S/C8H12N2O4S2/c9-5-15(11,12)7-3-1-2-4-8(7)16(13,14)6-10/h1-4H,5-6,9-10H2. The molecule has 0 saturated carbocycles. The van der Waals surface area contributed by atoms with Crippen molar-refractivity contribution >= 4 is 19.7 Å². The van der Waals surface area contributed by atoms with Crippen LogP contribution in [-0.4, -0.2) is 28.6 Å². The molecule has 8 heteroatoms. The van der Waals surface area contributed by atoms with Crippen molar-refractivity contribution in [3.8, 4) is 0 Å². The van der Waals surface area contributed by atoms with E-state index in [1.54, 1.807) is 0 Å². The van der Waals surface area contributed by atoms with Crippen molar-refractivity contribution in [2.45, 2.75) is 9.79 Å². The largest absolute Gasteiger partial charge is 0.317 e. The topological polar surface area (TPSA) is 120 Å². The van der Waals surface area contributed by atoms with E-state index in [4.69, 9.17) is 11.5 Å². The Morgan fingerprint density at radius 1 is 0.812 bits per heavy atom. The first-order valence-electron chi connectivity index (χ1n) is 4.30. The highest BCUT2D eigenvalue weighted by atomic mass is 32.2. The maximum Gasteiger partial charge on any atom is 0.192 e. The average Bonchev–Trinajstić information content (AvgIpc) is 2.29. The lowest BCUT2D eigenvalue weighted by Crippen LogP contribution is -2.21. The van der Waals surface area contributed by atoms with Gasteiger partial charge in [-0.05, 0) is 12.1 Å². The van der Waals surface area contributed by atoms with Crippen LogP contribution in [0, 0.1) is 0 Å². The minimum atomic E-state index is -3.78. The summed E-state index contributed by atoms with van der Waals surface area (Å²) in [6, 6.07) is 5.26. The van der Waals surface area contributed by atoms with Gasteiger partial charge >= 0.3 is 0 Å². The molecule has 0 radical (unpaired) electrons. The smallest absolute Gasteiger partial charge is 0.192 e. The Labute approximate surface area is 94.1 Å². The second-order valence-corrected chi connectivity index (χ2v) is 7.01. The minimum Gasteiger partial charge on any atom is -0.317 e. The molecule has 0 heterocycles. The third-order valence-corrected chi connectivity index (χ3v) is 5.02. The van der Waals surface area contributed by atoms with Gasteiger partial charge in [0.15, 0.2) is 19.7 Å². The van der Waals surface area contributed by atoms with Gasteiger partial charge in [-0.1, -0.05) is 12.1 Å². The molecule has 1 aromatic rings. The van der Waals surface area contributed by atoms with Gasteiger partial charge in [0.1, 0.15) is 11.8 Å². The first-order valence-corrected chi connectivity index (χ1v) is 7.60. The lowest BCUT2D eigenvalue weighted by Gasteiger charge is -2.08. The zero-order valence-electron chi connectivity index (χ0n) is 8.33. The van der Waals surface area contributed by atoms with Crippen LogP contribution < -0.4 is 11.5 Å². The van der Waals surface area contributed by atoms with E-state index in [1.165, 1.54) is 24.3 Å². The zero-order valence-corrected chi connectivity index (χ0v) is 9.96. The summed E-state index contributed by atoms with van der Waals surface area (Å²) in [5, 5.41) is 0. The number of rotatable bonds is 4. The van der Waals surface area contributed by atoms with E-state index < -0.39 is 31.4 Å². The van der Waals surface area contributed by atoms with E-state index in [2.05, 4.69) is 0 Å². The van der Waals surface area contributed by atoms with Crippen LogP contribution >= 0.6 is 0 Å². The van der Waals surface area contributed by atoms with Crippen LogP contribution in [0.5, 0.6) is 0 Å². The molecule has 0 aliphatic heterocycles. The van der Waals surface area contributed by atoms with Crippen molar-refractivity contribution in [2.75, 3.05) is 11.8 Å². The van der Waals surface area contributed by atoms with E-state index >= 15 is 0 Å². The van der Waals surface area contributed by atoms with Crippen molar-refractivity contribution in [3.63, 3.8) is 0 Å². The van der Waals surface area contributed by atoms with Crippen LogP contribution in [0.15, 0.2) is 34.1 Å². The van der Waals surface area contributed by atoms with Crippen molar-refractivity contribution in [3.05, 3.63) is 24.3 Å². The monoisotopic (exact) mass is 264 g/mol. The summed E-state index contributed by atoms with van der Waals surface area (Å²) < 4.78 is 46.2. The molecule has 16 heavy (non-hydrogen) atoms. The maximum atomic E-state index is 11.6. The third kappa shape index (κ3) is 2.40. The molecule has 0 saturated heterocycles. The summed E-state index contributed by atoms with van der Waals surface area (Å²) in [4.78, 5) is -0.606. The highest BCUT2D eigenvalue weighted by Crippen LogP contribution is 2.21. The van der Waals surface area contributed by atoms with E-state index in [1.807, 2.05) is 0 Å². The highest BCUT2D eigenvalue weighted by Gasteiger charge is 2.23. The maximum absolute atomic E-state index is 11.6. The fourth-order valence-electron chi connectivity index (χ4n) is 1.14. The molecule has 90 valence electrons. The van der Waals surface area contributed by atoms with Crippen LogP contribution in [0.4, 0.5) is 0 Å². The van der Waals surface area contributed by atoms with Crippen molar-refractivity contribution in [2.24, 2.45) is 11.5 Å². The van der Waals surface area contributed by atoms with Crippen molar-refractivity contribution in [1.82, 2.24) is 0 Å². The molecule has 0 unspecified atom stereocenters. The van der Waals surface area contributed by atoms with Gasteiger partial charge in [0.25, 0.3) is 0 Å². The molecule has 0 fully saturated rings. The predicted molar refractivity (Wildman–Crippen MR) is 58.9 cm³/mol. The molecule has 0 aliphatic carbocycles. The second-order valence-electron chi connectivity index (χ2n) is 3.01. The summed E-state index contributed by atoms with van der Waals surface area (Å²) in [5.74, 6) is -1.30. The van der Waals surface area contributed by atoms with Crippen LogP contribution in [-0.2, 0) is 19.7 Å². The molecule has 1 rings (SSSR count). The van der Waals surface area contributed by atoms with Crippen LogP contribution in [0.25, 0.3) is 0 Å². The zero-order chi connectivity index (χ0) is 12.4. The fraction of sp³-hybridized carbons (Fsp3) is 0.250. The molecule has 4 N–H and O–H groups in total. The van der Waals surface area contributed by atoms with E-state index in [0.717, 1.165) is 0 Å². The molecule has 0 amide bonds. The lowest BCUT2D eigenvalue weighted by atomic mass is 10.4. The number of hydrogen-bond donors (Lipinski definition) is 2. The van der Waals surface area contributed by atoms with Crippen LogP contribution in [0.3, 0.4) is 0 Å². The SMILES string of the molecule is NCS(=O)(=O)c1ccccc1S(=O)(=O)CN. The Morgan fingerprint density at radius 2 is 1.12 bits per heavy atom. The lowest BCUT2D eigenvalue weighted by molar-refractivity contribution is 0.583. The van der Waals surface area contributed by atoms with Gasteiger partial charge in [-0.2, -0.15) is 0 Å². The summed E-state index contributed by atoms with van der Waals surface area (Å²) in [5.41, 5.74) is 10.2. The van der Waals surface area contributed by atoms with Crippen LogP contribution in [0.2, 0.25) is 0 Å². The van der Waals surface area contributed by atoms with E-state index in [-0.39, 0.29) is 9.79 Å². The molecule has 0 spiro atoms. The number of nitrogens with two attached hydrogens (primary N) is 2. The molecule has 0 atom stereocenters. The second kappa shape index (κ2) is 4.50. The molecule has 1 aromatic carbocycles. The molecule has 0 aromatic heterocycles. The molecular weight excluding hydrogens is 252 g/mol. The first-order chi connectivity index (χ1) is 7.35. The van der Waals surface area contributed by atoms with Gasteiger partial charge < -0.3 is 11.5 Å². The summed E-state index contributed by atoms with van der Waals surface area (Å²) >= 11 is 0. The molecule has 6 nitrogen and oxygen atoms in total.